The van der Waals surface area contributed by atoms with Crippen molar-refractivity contribution in [2.45, 2.75) is 19.5 Å². The van der Waals surface area contributed by atoms with E-state index in [0.29, 0.717) is 11.4 Å². The van der Waals surface area contributed by atoms with Crippen LogP contribution in [0.2, 0.25) is 0 Å². The van der Waals surface area contributed by atoms with Gasteiger partial charge in [-0.2, -0.15) is 0 Å². The van der Waals surface area contributed by atoms with Gasteiger partial charge in [0, 0.05) is 23.9 Å². The Bertz CT molecular complexity index is 1090. The molecule has 172 valence electrons. The number of nitro groups is 1. The quantitative estimate of drug-likeness (QED) is 0.371. The third-order valence-corrected chi connectivity index (χ3v) is 5.28. The zero-order chi connectivity index (χ0) is 23.8. The molecular weight excluding hydrogens is 424 g/mol. The summed E-state index contributed by atoms with van der Waals surface area (Å²) < 4.78 is 5.37. The fourth-order valence-electron chi connectivity index (χ4n) is 3.32. The van der Waals surface area contributed by atoms with Crippen molar-refractivity contribution < 1.29 is 18.9 Å². The first-order valence-corrected chi connectivity index (χ1v) is 10.4. The summed E-state index contributed by atoms with van der Waals surface area (Å²) in [5, 5.41) is 13.9. The Balaban J connectivity index is 1.68. The van der Waals surface area contributed by atoms with Gasteiger partial charge in [0.05, 0.1) is 24.3 Å². The van der Waals surface area contributed by atoms with E-state index in [9.17, 15) is 19.7 Å². The van der Waals surface area contributed by atoms with Crippen molar-refractivity contribution in [2.24, 2.45) is 0 Å². The summed E-state index contributed by atoms with van der Waals surface area (Å²) in [7, 11) is 1.76. The summed E-state index contributed by atoms with van der Waals surface area (Å²) in [5.74, 6) is -0.0323. The number of amides is 2. The smallest absolute Gasteiger partial charge is 0.269 e. The molecule has 9 nitrogen and oxygen atoms in total. The maximum Gasteiger partial charge on any atom is 0.269 e. The maximum atomic E-state index is 13.1. The van der Waals surface area contributed by atoms with E-state index in [-0.39, 0.29) is 43.2 Å². The summed E-state index contributed by atoms with van der Waals surface area (Å²) >= 11 is 0. The van der Waals surface area contributed by atoms with Gasteiger partial charge in [-0.05, 0) is 43.8 Å². The molecule has 0 unspecified atom stereocenters. The van der Waals surface area contributed by atoms with Gasteiger partial charge >= 0.3 is 0 Å². The van der Waals surface area contributed by atoms with Crippen LogP contribution in [0.5, 0.6) is 0 Å². The molecule has 0 aliphatic heterocycles. The summed E-state index contributed by atoms with van der Waals surface area (Å²) in [5.41, 5.74) is 1.36. The van der Waals surface area contributed by atoms with Gasteiger partial charge in [0.25, 0.3) is 5.69 Å². The largest absolute Gasteiger partial charge is 0.467 e. The second-order valence-corrected chi connectivity index (χ2v) is 7.69. The second kappa shape index (κ2) is 11.1. The molecule has 2 aromatic carbocycles. The number of carbonyl (C=O) groups excluding carboxylic acids is 2. The second-order valence-electron chi connectivity index (χ2n) is 7.69. The molecule has 1 aromatic heterocycles. The van der Waals surface area contributed by atoms with Crippen LogP contribution < -0.4 is 5.32 Å². The predicted molar refractivity (Wildman–Crippen MR) is 123 cm³/mol. The van der Waals surface area contributed by atoms with Crippen LogP contribution in [0.4, 0.5) is 11.4 Å². The fourth-order valence-corrected chi connectivity index (χ4v) is 3.32. The number of anilines is 1. The van der Waals surface area contributed by atoms with Crippen molar-refractivity contribution in [1.82, 2.24) is 9.80 Å². The number of furan rings is 1. The molecule has 3 aromatic rings. The molecule has 0 fully saturated rings. The molecule has 1 heterocycles. The van der Waals surface area contributed by atoms with Gasteiger partial charge in [0.2, 0.25) is 11.8 Å². The van der Waals surface area contributed by atoms with E-state index in [0.717, 1.165) is 5.56 Å². The minimum Gasteiger partial charge on any atom is -0.467 e. The topological polar surface area (TPSA) is 109 Å². The number of hydrogen-bond acceptors (Lipinski definition) is 6. The molecule has 0 aliphatic rings. The molecule has 0 aliphatic carbocycles. The van der Waals surface area contributed by atoms with Gasteiger partial charge in [-0.3, -0.25) is 24.6 Å². The van der Waals surface area contributed by atoms with Gasteiger partial charge in [0.1, 0.15) is 12.3 Å². The number of likely N-dealkylation sites (N-methyl/N-ethyl adjacent to an activating group) is 1. The number of rotatable bonds is 10. The lowest BCUT2D eigenvalue weighted by Gasteiger charge is -2.28. The Morgan fingerprint density at radius 1 is 1.06 bits per heavy atom. The zero-order valence-electron chi connectivity index (χ0n) is 18.5. The number of benzene rings is 2. The molecule has 0 spiro atoms. The fraction of sp³-hybridized carbons (Fsp3) is 0.250. The van der Waals surface area contributed by atoms with Crippen molar-refractivity contribution in [2.75, 3.05) is 25.5 Å². The molecule has 0 bridgehead atoms. The van der Waals surface area contributed by atoms with E-state index in [2.05, 4.69) is 5.32 Å². The molecular formula is C24H26N4O5. The summed E-state index contributed by atoms with van der Waals surface area (Å²) in [4.78, 5) is 39.6. The molecule has 0 saturated carbocycles. The lowest BCUT2D eigenvalue weighted by atomic mass is 10.1. The van der Waals surface area contributed by atoms with Crippen LogP contribution in [0, 0.1) is 10.1 Å². The number of nitrogens with one attached hydrogen (secondary N) is 1. The number of carbonyl (C=O) groups is 2. The third-order valence-electron chi connectivity index (χ3n) is 5.28. The van der Waals surface area contributed by atoms with Crippen LogP contribution in [0.15, 0.2) is 77.4 Å². The van der Waals surface area contributed by atoms with E-state index in [1.165, 1.54) is 23.3 Å². The Kier molecular flexibility index (Phi) is 7.93. The van der Waals surface area contributed by atoms with Gasteiger partial charge in [-0.25, -0.2) is 0 Å². The number of hydrogen-bond donors (Lipinski definition) is 1. The lowest BCUT2D eigenvalue weighted by Crippen LogP contribution is -2.43. The van der Waals surface area contributed by atoms with Crippen LogP contribution in [0.25, 0.3) is 0 Å². The Hall–Kier alpha value is -3.98. The van der Waals surface area contributed by atoms with Crippen LogP contribution in [0.1, 0.15) is 24.3 Å². The van der Waals surface area contributed by atoms with Crippen molar-refractivity contribution in [3.05, 3.63) is 94.4 Å². The number of nitro benzene ring substituents is 1. The Morgan fingerprint density at radius 2 is 1.82 bits per heavy atom. The SMILES string of the molecule is C[C@@H](c1cccc([N+](=O)[O-])c1)N(C)CC(=O)N(CC(=O)Nc1ccccc1)Cc1ccco1. The molecule has 0 radical (unpaired) electrons. The van der Waals surface area contributed by atoms with Gasteiger partial charge in [-0.1, -0.05) is 30.3 Å². The summed E-state index contributed by atoms with van der Waals surface area (Å²) in [6.45, 7) is 1.88. The van der Waals surface area contributed by atoms with Crippen LogP contribution in [-0.2, 0) is 16.1 Å². The third kappa shape index (κ3) is 6.75. The highest BCUT2D eigenvalue weighted by Gasteiger charge is 2.23. The van der Waals surface area contributed by atoms with Crippen molar-refractivity contribution in [3.8, 4) is 0 Å². The number of non-ortho nitro benzene ring substituents is 1. The van der Waals surface area contributed by atoms with Gasteiger partial charge in [-0.15, -0.1) is 0 Å². The van der Waals surface area contributed by atoms with Crippen molar-refractivity contribution in [1.29, 1.82) is 0 Å². The average molecular weight is 450 g/mol. The molecule has 1 N–H and O–H groups in total. The van der Waals surface area contributed by atoms with Crippen molar-refractivity contribution in [3.63, 3.8) is 0 Å². The highest BCUT2D eigenvalue weighted by atomic mass is 16.6. The minimum absolute atomic E-state index is 0.00361. The van der Waals surface area contributed by atoms with E-state index in [1.54, 1.807) is 48.3 Å². The molecule has 2 amide bonds. The molecule has 3 rings (SSSR count). The molecule has 33 heavy (non-hydrogen) atoms. The molecule has 1 atom stereocenters. The Labute approximate surface area is 191 Å². The summed E-state index contributed by atoms with van der Waals surface area (Å²) in [6.07, 6.45) is 1.51. The standard InChI is InChI=1S/C24H26N4O5/c1-18(19-8-6-11-21(14-19)28(31)32)26(2)17-24(30)27(15-22-12-7-13-33-22)16-23(29)25-20-9-4-3-5-10-20/h3-14,18H,15-17H2,1-2H3,(H,25,29)/t18-/m0/s1. The van der Waals surface area contributed by atoms with Gasteiger partial charge < -0.3 is 14.6 Å². The first-order chi connectivity index (χ1) is 15.8. The minimum atomic E-state index is -0.447. The van der Waals surface area contributed by atoms with Crippen LogP contribution in [0.3, 0.4) is 0 Å². The highest BCUT2D eigenvalue weighted by Crippen LogP contribution is 2.23. The van der Waals surface area contributed by atoms with Gasteiger partial charge in [0.15, 0.2) is 0 Å². The normalized spacial score (nSPS) is 11.7. The van der Waals surface area contributed by atoms with Crippen molar-refractivity contribution >= 4 is 23.2 Å². The van der Waals surface area contributed by atoms with E-state index in [1.807, 2.05) is 25.1 Å². The van der Waals surface area contributed by atoms with Crippen LogP contribution >= 0.6 is 0 Å². The first kappa shape index (κ1) is 23.7. The maximum absolute atomic E-state index is 13.1. The molecule has 0 saturated heterocycles. The number of para-hydroxylation sites is 1. The monoisotopic (exact) mass is 450 g/mol. The predicted octanol–water partition coefficient (Wildman–Crippen LogP) is 3.85. The number of nitrogens with zero attached hydrogens (tertiary/aromatic N) is 3. The summed E-state index contributed by atoms with van der Waals surface area (Å²) in [6, 6.07) is 18.6. The Morgan fingerprint density at radius 3 is 2.48 bits per heavy atom. The zero-order valence-corrected chi connectivity index (χ0v) is 18.5. The lowest BCUT2D eigenvalue weighted by molar-refractivity contribution is -0.384. The van der Waals surface area contributed by atoms with Crippen LogP contribution in [-0.4, -0.2) is 46.7 Å². The molecule has 9 heteroatoms. The highest BCUT2D eigenvalue weighted by molar-refractivity contribution is 5.94. The van der Waals surface area contributed by atoms with E-state index < -0.39 is 4.92 Å². The average Bonchev–Trinajstić information content (AvgIpc) is 3.32. The first-order valence-electron chi connectivity index (χ1n) is 10.4. The van der Waals surface area contributed by atoms with E-state index in [4.69, 9.17) is 4.42 Å². The van der Waals surface area contributed by atoms with E-state index >= 15 is 0 Å².